The zero-order valence-electron chi connectivity index (χ0n) is 25.3. The quantitative estimate of drug-likeness (QED) is 0.227. The third-order valence-corrected chi connectivity index (χ3v) is 7.57. The number of carbonyl (C=O) groups excluding carboxylic acids is 3. The van der Waals surface area contributed by atoms with Crippen LogP contribution in [0.25, 0.3) is 0 Å². The van der Waals surface area contributed by atoms with Gasteiger partial charge in [-0.05, 0) is 57.6 Å². The van der Waals surface area contributed by atoms with Crippen molar-refractivity contribution in [2.24, 2.45) is 11.8 Å². The Hall–Kier alpha value is -3.27. The van der Waals surface area contributed by atoms with Crippen LogP contribution >= 0.6 is 0 Å². The highest BCUT2D eigenvalue weighted by molar-refractivity contribution is 5.93. The molecule has 2 rings (SSSR count). The molecular formula is C30H47N5O5. The molecule has 222 valence electrons. The molecule has 40 heavy (non-hydrogen) atoms. The molecule has 1 saturated heterocycles. The summed E-state index contributed by atoms with van der Waals surface area (Å²) >= 11 is 0. The summed E-state index contributed by atoms with van der Waals surface area (Å²) in [6, 6.07) is 5.05. The van der Waals surface area contributed by atoms with Gasteiger partial charge in [-0.3, -0.25) is 29.4 Å². The maximum Gasteiger partial charge on any atom is 0.269 e. The highest BCUT2D eigenvalue weighted by atomic mass is 16.6. The standard InChI is InChI=1S/C30H47N5O5/c1-19(2)26(16-22(7)28(36)31-18-23-12-11-13-24(17-23)35(39)40)33(8)30(38)27(20(3)4)32-29(37)25-14-9-10-15-34(25)21(5)6/h11-13,16-17,19-21,25-27H,9-10,14-15,18H2,1-8H3,(H,31,36)(H,32,37)/t25?,26-,27+/m1/s1. The topological polar surface area (TPSA) is 125 Å². The monoisotopic (exact) mass is 557 g/mol. The summed E-state index contributed by atoms with van der Waals surface area (Å²) in [4.78, 5) is 54.3. The normalized spacial score (nSPS) is 18.0. The van der Waals surface area contributed by atoms with Gasteiger partial charge in [-0.1, -0.05) is 52.3 Å². The van der Waals surface area contributed by atoms with E-state index >= 15 is 0 Å². The molecule has 10 heteroatoms. The van der Waals surface area contributed by atoms with Gasteiger partial charge in [0.2, 0.25) is 17.7 Å². The number of piperidine rings is 1. The number of nitrogens with one attached hydrogen (secondary N) is 2. The van der Waals surface area contributed by atoms with Gasteiger partial charge in [0.1, 0.15) is 6.04 Å². The Morgan fingerprint density at radius 3 is 2.38 bits per heavy atom. The number of carbonyl (C=O) groups is 3. The Morgan fingerprint density at radius 1 is 1.12 bits per heavy atom. The first-order valence-electron chi connectivity index (χ1n) is 14.3. The van der Waals surface area contributed by atoms with Crippen molar-refractivity contribution in [3.05, 3.63) is 51.6 Å². The van der Waals surface area contributed by atoms with Crippen LogP contribution in [0, 0.1) is 22.0 Å². The van der Waals surface area contributed by atoms with Crippen molar-refractivity contribution >= 4 is 23.4 Å². The molecule has 3 atom stereocenters. The lowest BCUT2D eigenvalue weighted by Gasteiger charge is -2.39. The van der Waals surface area contributed by atoms with E-state index in [1.807, 2.05) is 27.7 Å². The minimum Gasteiger partial charge on any atom is -0.348 e. The third-order valence-electron chi connectivity index (χ3n) is 7.57. The first kappa shape index (κ1) is 32.9. The Kier molecular flexibility index (Phi) is 12.3. The molecule has 1 heterocycles. The molecular weight excluding hydrogens is 510 g/mol. The second-order valence-electron chi connectivity index (χ2n) is 11.7. The minimum atomic E-state index is -0.689. The number of likely N-dealkylation sites (N-methyl/N-ethyl adjacent to an activating group) is 1. The minimum absolute atomic E-state index is 0.00626. The van der Waals surface area contributed by atoms with E-state index in [1.165, 1.54) is 12.1 Å². The highest BCUT2D eigenvalue weighted by Crippen LogP contribution is 2.21. The van der Waals surface area contributed by atoms with E-state index < -0.39 is 11.0 Å². The van der Waals surface area contributed by atoms with E-state index in [-0.39, 0.29) is 59.9 Å². The van der Waals surface area contributed by atoms with Gasteiger partial charge in [0.25, 0.3) is 5.69 Å². The number of likely N-dealkylation sites (tertiary alicyclic amines) is 1. The molecule has 0 aromatic heterocycles. The number of nitro benzene ring substituents is 1. The van der Waals surface area contributed by atoms with E-state index in [0.29, 0.717) is 11.1 Å². The summed E-state index contributed by atoms with van der Waals surface area (Å²) in [5, 5.41) is 16.9. The molecule has 0 spiro atoms. The number of hydrogen-bond donors (Lipinski definition) is 2. The smallest absolute Gasteiger partial charge is 0.269 e. The average molecular weight is 558 g/mol. The van der Waals surface area contributed by atoms with Gasteiger partial charge >= 0.3 is 0 Å². The van der Waals surface area contributed by atoms with Crippen LogP contribution < -0.4 is 10.6 Å². The molecule has 1 fully saturated rings. The van der Waals surface area contributed by atoms with Crippen LogP contribution in [0.15, 0.2) is 35.9 Å². The Balaban J connectivity index is 2.14. The van der Waals surface area contributed by atoms with Crippen LogP contribution in [0.4, 0.5) is 5.69 Å². The predicted octanol–water partition coefficient (Wildman–Crippen LogP) is 4.04. The zero-order valence-corrected chi connectivity index (χ0v) is 25.3. The van der Waals surface area contributed by atoms with E-state index in [1.54, 1.807) is 37.1 Å². The second kappa shape index (κ2) is 14.9. The summed E-state index contributed by atoms with van der Waals surface area (Å²) in [7, 11) is 1.71. The Bertz CT molecular complexity index is 1080. The average Bonchev–Trinajstić information content (AvgIpc) is 2.91. The zero-order chi connectivity index (χ0) is 30.1. The summed E-state index contributed by atoms with van der Waals surface area (Å²) in [5.41, 5.74) is 1.02. The molecule has 1 unspecified atom stereocenters. The van der Waals surface area contributed by atoms with Crippen molar-refractivity contribution in [2.45, 2.75) is 98.4 Å². The molecule has 10 nitrogen and oxygen atoms in total. The molecule has 0 saturated carbocycles. The van der Waals surface area contributed by atoms with Crippen LogP contribution in [0.1, 0.15) is 73.3 Å². The maximum absolute atomic E-state index is 13.7. The molecule has 1 aliphatic heterocycles. The lowest BCUT2D eigenvalue weighted by atomic mass is 9.95. The van der Waals surface area contributed by atoms with Crippen molar-refractivity contribution < 1.29 is 19.3 Å². The fourth-order valence-corrected chi connectivity index (χ4v) is 5.17. The van der Waals surface area contributed by atoms with Crippen LogP contribution in [-0.4, -0.2) is 70.2 Å². The van der Waals surface area contributed by atoms with E-state index in [4.69, 9.17) is 0 Å². The third kappa shape index (κ3) is 8.87. The maximum atomic E-state index is 13.7. The SMILES string of the molecule is CC(=C[C@H](C(C)C)N(C)C(=O)[C@@H](NC(=O)C1CCCCN1C(C)C)C(C)C)C(=O)NCc1cccc([N+](=O)[O-])c1. The molecule has 0 bridgehead atoms. The summed E-state index contributed by atoms with van der Waals surface area (Å²) in [5.74, 6) is -0.743. The lowest BCUT2D eigenvalue weighted by molar-refractivity contribution is -0.384. The predicted molar refractivity (Wildman–Crippen MR) is 156 cm³/mol. The van der Waals surface area contributed by atoms with E-state index in [2.05, 4.69) is 29.4 Å². The van der Waals surface area contributed by atoms with Gasteiger partial charge in [0.05, 0.1) is 17.0 Å². The number of amides is 3. The summed E-state index contributed by atoms with van der Waals surface area (Å²) in [6.45, 7) is 14.7. The van der Waals surface area contributed by atoms with E-state index in [0.717, 1.165) is 25.8 Å². The number of nitrogens with zero attached hydrogens (tertiary/aromatic N) is 3. The van der Waals surface area contributed by atoms with Crippen molar-refractivity contribution in [1.82, 2.24) is 20.4 Å². The first-order chi connectivity index (χ1) is 18.7. The Morgan fingerprint density at radius 2 is 1.80 bits per heavy atom. The first-order valence-corrected chi connectivity index (χ1v) is 14.3. The van der Waals surface area contributed by atoms with Crippen LogP contribution in [-0.2, 0) is 20.9 Å². The van der Waals surface area contributed by atoms with Crippen molar-refractivity contribution in [3.8, 4) is 0 Å². The molecule has 0 aliphatic carbocycles. The number of benzene rings is 1. The molecule has 1 aromatic carbocycles. The van der Waals surface area contributed by atoms with Gasteiger partial charge in [-0.25, -0.2) is 0 Å². The van der Waals surface area contributed by atoms with Crippen molar-refractivity contribution in [2.75, 3.05) is 13.6 Å². The van der Waals surface area contributed by atoms with Gasteiger partial charge in [-0.15, -0.1) is 0 Å². The number of rotatable bonds is 12. The number of hydrogen-bond acceptors (Lipinski definition) is 6. The van der Waals surface area contributed by atoms with E-state index in [9.17, 15) is 24.5 Å². The molecule has 1 aromatic rings. The van der Waals surface area contributed by atoms with Gasteiger partial charge < -0.3 is 15.5 Å². The molecule has 1 aliphatic rings. The van der Waals surface area contributed by atoms with Gasteiger partial charge in [0.15, 0.2) is 0 Å². The summed E-state index contributed by atoms with van der Waals surface area (Å²) < 4.78 is 0. The second-order valence-corrected chi connectivity index (χ2v) is 11.7. The summed E-state index contributed by atoms with van der Waals surface area (Å²) in [6.07, 6.45) is 4.61. The number of non-ortho nitro benzene ring substituents is 1. The molecule has 3 amide bonds. The molecule has 2 N–H and O–H groups in total. The van der Waals surface area contributed by atoms with Crippen molar-refractivity contribution in [1.29, 1.82) is 0 Å². The van der Waals surface area contributed by atoms with Gasteiger partial charge in [-0.2, -0.15) is 0 Å². The van der Waals surface area contributed by atoms with Crippen LogP contribution in [0.5, 0.6) is 0 Å². The fourth-order valence-electron chi connectivity index (χ4n) is 5.17. The lowest BCUT2D eigenvalue weighted by Crippen LogP contribution is -2.58. The van der Waals surface area contributed by atoms with Crippen LogP contribution in [0.2, 0.25) is 0 Å². The highest BCUT2D eigenvalue weighted by Gasteiger charge is 2.36. The van der Waals surface area contributed by atoms with Gasteiger partial charge in [0, 0.05) is 37.3 Å². The van der Waals surface area contributed by atoms with Crippen LogP contribution in [0.3, 0.4) is 0 Å². The number of nitro groups is 1. The fraction of sp³-hybridized carbons (Fsp3) is 0.633. The molecule has 0 radical (unpaired) electrons. The van der Waals surface area contributed by atoms with Crippen molar-refractivity contribution in [3.63, 3.8) is 0 Å². The largest absolute Gasteiger partial charge is 0.348 e. The Labute approximate surface area is 238 Å².